The van der Waals surface area contributed by atoms with Crippen LogP contribution in [0.15, 0.2) is 60.2 Å². The van der Waals surface area contributed by atoms with Crippen LogP contribution in [-0.4, -0.2) is 170 Å². The predicted molar refractivity (Wildman–Crippen MR) is 296 cm³/mol. The largest absolute Gasteiger partial charge is 0.508 e. The topological polar surface area (TPSA) is 344 Å². The number of nitrogens with one attached hydrogen (secondary N) is 2. The van der Waals surface area contributed by atoms with E-state index in [9.17, 15) is 64.8 Å². The molecule has 10 N–H and O–H groups in total. The van der Waals surface area contributed by atoms with Gasteiger partial charge in [-0.3, -0.25) is 19.2 Å². The Morgan fingerprint density at radius 2 is 1.14 bits per heavy atom. The molecule has 21 atom stereocenters. The summed E-state index contributed by atoms with van der Waals surface area (Å²) in [6.07, 6.45) is -14.2. The SMILES string of the molecule is COC(=O)[C@H](Cc1ccc(O)cc1)NC(=O)[C@H]1O[C@@H](O[C@H]2[C@H](O[C@H]3CC[C@]4(C)[C@H]5C(=O)C=C6[C@@H]7C[C@@](C)(C(=O)O)CC[C@]7(C)CC[C@@]6(C)[C@]5(C)CC[C@H]4C3(C)C)O[C@H](C(=O)N[C@@H](Cc3ccc(O)cc3)C(=O)OC)[C@@H](O)[C@@H]2O)[C@H](O)[C@@H](O)[C@@H]1O. The van der Waals surface area contributed by atoms with Gasteiger partial charge in [0.15, 0.2) is 30.6 Å². The van der Waals surface area contributed by atoms with Crippen LogP contribution in [0.3, 0.4) is 0 Å². The van der Waals surface area contributed by atoms with Gasteiger partial charge in [0.2, 0.25) is 0 Å². The number of aliphatic hydroxyl groups is 5. The second kappa shape index (κ2) is 23.3. The number of aliphatic carboxylic acids is 1. The molecule has 22 heteroatoms. The number of aliphatic hydroxyl groups excluding tert-OH is 5. The van der Waals surface area contributed by atoms with E-state index in [1.54, 1.807) is 0 Å². The number of aromatic hydroxyl groups is 2. The molecule has 84 heavy (non-hydrogen) atoms. The minimum Gasteiger partial charge on any atom is -0.508 e. The van der Waals surface area contributed by atoms with Crippen molar-refractivity contribution in [2.45, 2.75) is 199 Å². The van der Waals surface area contributed by atoms with Crippen LogP contribution in [0.25, 0.3) is 0 Å². The van der Waals surface area contributed by atoms with Gasteiger partial charge in [-0.2, -0.15) is 0 Å². The van der Waals surface area contributed by atoms with Crippen molar-refractivity contribution in [2.75, 3.05) is 14.2 Å². The van der Waals surface area contributed by atoms with Crippen LogP contribution >= 0.6 is 0 Å². The highest BCUT2D eigenvalue weighted by molar-refractivity contribution is 5.96. The quantitative estimate of drug-likeness (QED) is 0.0903. The Labute approximate surface area is 488 Å². The van der Waals surface area contributed by atoms with Gasteiger partial charge in [0.25, 0.3) is 11.8 Å². The Balaban J connectivity index is 1.01. The Hall–Kier alpha value is -5.56. The molecule has 0 spiro atoms. The minimum absolute atomic E-state index is 0.0217. The number of allylic oxidation sites excluding steroid dienone is 2. The molecule has 22 nitrogen and oxygen atoms in total. The number of phenols is 2. The van der Waals surface area contributed by atoms with Crippen LogP contribution in [0, 0.1) is 50.2 Å². The Bertz CT molecular complexity index is 2860. The number of rotatable bonds is 15. The molecule has 462 valence electrons. The Morgan fingerprint density at radius 3 is 1.67 bits per heavy atom. The molecule has 7 aliphatic rings. The number of hydrogen-bond acceptors (Lipinski definition) is 19. The number of esters is 2. The number of phenolic OH excluding ortho intramolecular Hbond substituents is 2. The van der Waals surface area contributed by atoms with E-state index in [-0.39, 0.29) is 47.4 Å². The zero-order chi connectivity index (χ0) is 61.4. The van der Waals surface area contributed by atoms with Gasteiger partial charge in [0.05, 0.1) is 25.7 Å². The highest BCUT2D eigenvalue weighted by Crippen LogP contribution is 2.75. The summed E-state index contributed by atoms with van der Waals surface area (Å²) in [5, 5.41) is 93.1. The number of hydrogen-bond donors (Lipinski definition) is 10. The number of methoxy groups -OCH3 is 2. The number of ether oxygens (including phenoxy) is 6. The molecule has 0 bridgehead atoms. The van der Waals surface area contributed by atoms with Crippen molar-refractivity contribution in [3.63, 3.8) is 0 Å². The lowest BCUT2D eigenvalue weighted by Crippen LogP contribution is -2.69. The van der Waals surface area contributed by atoms with Crippen molar-refractivity contribution >= 4 is 35.5 Å². The summed E-state index contributed by atoms with van der Waals surface area (Å²) in [4.78, 5) is 82.5. The molecule has 2 amide bonds. The number of carbonyl (C=O) groups excluding carboxylic acids is 5. The van der Waals surface area contributed by atoms with Crippen molar-refractivity contribution in [1.82, 2.24) is 10.6 Å². The second-order valence-electron chi connectivity index (χ2n) is 26.9. The molecule has 2 aromatic carbocycles. The van der Waals surface area contributed by atoms with E-state index in [1.165, 1.54) is 48.5 Å². The van der Waals surface area contributed by atoms with Crippen LogP contribution in [-0.2, 0) is 70.0 Å². The molecule has 0 aromatic heterocycles. The fourth-order valence-corrected chi connectivity index (χ4v) is 16.3. The zero-order valence-corrected chi connectivity index (χ0v) is 49.2. The van der Waals surface area contributed by atoms with Gasteiger partial charge >= 0.3 is 17.9 Å². The number of ketones is 1. The lowest BCUT2D eigenvalue weighted by atomic mass is 9.33. The number of carboxylic acids is 1. The average molecular weight is 1180 g/mol. The lowest BCUT2D eigenvalue weighted by molar-refractivity contribution is -0.369. The highest BCUT2D eigenvalue weighted by atomic mass is 16.8. The molecule has 5 aliphatic carbocycles. The van der Waals surface area contributed by atoms with Crippen LogP contribution in [0.5, 0.6) is 11.5 Å². The van der Waals surface area contributed by atoms with E-state index < -0.39 is 142 Å². The summed E-state index contributed by atoms with van der Waals surface area (Å²) >= 11 is 0. The highest BCUT2D eigenvalue weighted by Gasteiger charge is 2.71. The fraction of sp³-hybridized carbons (Fsp3) is 0.677. The van der Waals surface area contributed by atoms with Gasteiger partial charge in [-0.25, -0.2) is 9.59 Å². The molecular weight excluding hydrogens is 1090 g/mol. The third-order valence-corrected chi connectivity index (χ3v) is 21.6. The maximum absolute atomic E-state index is 15.2. The van der Waals surface area contributed by atoms with Gasteiger partial charge < -0.3 is 79.9 Å². The molecule has 2 aliphatic heterocycles. The van der Waals surface area contributed by atoms with Crippen LogP contribution in [0.2, 0.25) is 0 Å². The summed E-state index contributed by atoms with van der Waals surface area (Å²) in [6.45, 7) is 14.8. The average Bonchev–Trinajstić information content (AvgIpc) is 1.53. The first-order valence-corrected chi connectivity index (χ1v) is 29.2. The Morgan fingerprint density at radius 1 is 0.631 bits per heavy atom. The maximum Gasteiger partial charge on any atom is 0.328 e. The summed E-state index contributed by atoms with van der Waals surface area (Å²) in [6, 6.07) is 8.83. The van der Waals surface area contributed by atoms with Crippen molar-refractivity contribution in [3.05, 3.63) is 71.3 Å². The molecule has 2 aromatic rings. The third-order valence-electron chi connectivity index (χ3n) is 21.6. The van der Waals surface area contributed by atoms with E-state index in [0.29, 0.717) is 49.7 Å². The van der Waals surface area contributed by atoms with E-state index >= 15 is 4.79 Å². The summed E-state index contributed by atoms with van der Waals surface area (Å²) < 4.78 is 35.3. The van der Waals surface area contributed by atoms with Crippen LogP contribution in [0.1, 0.15) is 117 Å². The first-order valence-electron chi connectivity index (χ1n) is 29.2. The van der Waals surface area contributed by atoms with Gasteiger partial charge in [-0.15, -0.1) is 0 Å². The van der Waals surface area contributed by atoms with E-state index in [0.717, 1.165) is 39.1 Å². The smallest absolute Gasteiger partial charge is 0.328 e. The van der Waals surface area contributed by atoms with Crippen molar-refractivity contribution in [1.29, 1.82) is 0 Å². The van der Waals surface area contributed by atoms with Gasteiger partial charge in [-0.05, 0) is 145 Å². The monoisotopic (exact) mass is 1180 g/mol. The summed E-state index contributed by atoms with van der Waals surface area (Å²) in [5.74, 6) is -5.60. The molecule has 4 saturated carbocycles. The molecular formula is C62H84N2O20. The second-order valence-corrected chi connectivity index (χ2v) is 26.9. The molecule has 6 fully saturated rings. The molecule has 9 rings (SSSR count). The first kappa shape index (κ1) is 63.0. The summed E-state index contributed by atoms with van der Waals surface area (Å²) in [7, 11) is 2.20. The van der Waals surface area contributed by atoms with E-state index in [2.05, 4.69) is 38.3 Å². The summed E-state index contributed by atoms with van der Waals surface area (Å²) in [5.41, 5.74) is -1.32. The Kier molecular flexibility index (Phi) is 17.4. The fourth-order valence-electron chi connectivity index (χ4n) is 16.3. The van der Waals surface area contributed by atoms with E-state index in [1.807, 2.05) is 26.8 Å². The first-order chi connectivity index (χ1) is 39.4. The van der Waals surface area contributed by atoms with Crippen LogP contribution < -0.4 is 10.6 Å². The van der Waals surface area contributed by atoms with Crippen molar-refractivity contribution in [2.24, 2.45) is 50.2 Å². The molecule has 2 heterocycles. The number of carboxylic acid groups (broad SMARTS) is 1. The molecule has 2 saturated heterocycles. The van der Waals surface area contributed by atoms with Gasteiger partial charge in [0, 0.05) is 18.8 Å². The maximum atomic E-state index is 15.2. The number of carbonyl (C=O) groups is 6. The predicted octanol–water partition coefficient (Wildman–Crippen LogP) is 3.29. The number of benzene rings is 2. The van der Waals surface area contributed by atoms with Crippen molar-refractivity contribution in [3.8, 4) is 11.5 Å². The van der Waals surface area contributed by atoms with Gasteiger partial charge in [-0.1, -0.05) is 71.4 Å². The zero-order valence-electron chi connectivity index (χ0n) is 49.2. The van der Waals surface area contributed by atoms with Crippen LogP contribution in [0.4, 0.5) is 0 Å². The van der Waals surface area contributed by atoms with Crippen molar-refractivity contribution < 1.29 is 98.0 Å². The number of fused-ring (bicyclic) bond motifs is 7. The van der Waals surface area contributed by atoms with Gasteiger partial charge in [0.1, 0.15) is 60.2 Å². The lowest BCUT2D eigenvalue weighted by Gasteiger charge is -2.70. The molecule has 0 radical (unpaired) electrons. The third kappa shape index (κ3) is 11.0. The normalized spacial score (nSPS) is 40.4. The number of amides is 2. The van der Waals surface area contributed by atoms with E-state index in [4.69, 9.17) is 28.4 Å². The molecule has 0 unspecified atom stereocenters. The standard InChI is InChI=1S/C62H84N2O20/c1-57(2)39-18-21-62(7)49(38(67)28-34-35-29-59(4,56(77)78)23-22-58(35,3)24-25-61(34,62)6)60(39,5)20-19-40(57)81-55-48(44(71)43(70)47(83-55)51(74)64-37(53(76)80-9)27-31-12-16-33(66)17-13-31)84-54-45(72)41(68)42(69)46(82-54)50(73)63-36(52(75)79-8)26-30-10-14-32(65)15-11-30/h10-17,28,35-37,39-49,54-55,65-66,68-72H,18-27,29H2,1-9H3,(H,63,73)(H,64,74)(H,77,78)/t35-,36-,37-,39-,40-,41-,42-,43-,44-,45+,46-,47-,48+,49+,54-,55+,58+,59-,60-,61+,62+/m0/s1. The minimum atomic E-state index is -2.16.